The van der Waals surface area contributed by atoms with E-state index < -0.39 is 0 Å². The molecule has 1 saturated carbocycles. The van der Waals surface area contributed by atoms with E-state index >= 15 is 0 Å². The third-order valence-electron chi connectivity index (χ3n) is 4.92. The summed E-state index contributed by atoms with van der Waals surface area (Å²) in [4.78, 5) is 0. The Balaban J connectivity index is 1.64. The number of hydrogen-bond acceptors (Lipinski definition) is 3. The second-order valence-electron chi connectivity index (χ2n) is 6.72. The first-order valence-electron chi connectivity index (χ1n) is 9.17. The van der Waals surface area contributed by atoms with Crippen molar-refractivity contribution in [1.82, 2.24) is 14.8 Å². The fraction of sp³-hybridized carbons (Fsp3) is 0.500. The van der Waals surface area contributed by atoms with Gasteiger partial charge in [0.1, 0.15) is 5.82 Å². The Bertz CT molecular complexity index is 692. The molecule has 3 rings (SSSR count). The van der Waals surface area contributed by atoms with Crippen LogP contribution in [0.4, 0.5) is 0 Å². The zero-order valence-corrected chi connectivity index (χ0v) is 16.2. The lowest BCUT2D eigenvalue weighted by Crippen LogP contribution is -2.10. The van der Waals surface area contributed by atoms with Crippen molar-refractivity contribution in [2.45, 2.75) is 62.4 Å². The summed E-state index contributed by atoms with van der Waals surface area (Å²) in [7, 11) is 0. The minimum Gasteiger partial charge on any atom is -0.302 e. The first kappa shape index (κ1) is 18.5. The van der Waals surface area contributed by atoms with Gasteiger partial charge in [-0.1, -0.05) is 79.7 Å². The highest BCUT2D eigenvalue weighted by Gasteiger charge is 2.17. The average molecular weight is 376 g/mol. The van der Waals surface area contributed by atoms with Crippen molar-refractivity contribution in [3.8, 4) is 0 Å². The van der Waals surface area contributed by atoms with E-state index in [1.54, 1.807) is 11.8 Å². The minimum absolute atomic E-state index is 0.762. The van der Waals surface area contributed by atoms with Gasteiger partial charge in [0.2, 0.25) is 0 Å². The number of rotatable bonds is 8. The monoisotopic (exact) mass is 375 g/mol. The van der Waals surface area contributed by atoms with Crippen molar-refractivity contribution in [3.05, 3.63) is 53.3 Å². The lowest BCUT2D eigenvalue weighted by Gasteiger charge is -2.21. The molecule has 0 unspecified atom stereocenters. The summed E-state index contributed by atoms with van der Waals surface area (Å²) in [5.74, 6) is 2.76. The number of benzene rings is 1. The lowest BCUT2D eigenvalue weighted by atomic mass is 9.86. The Kier molecular flexibility index (Phi) is 7.00. The number of aryl methyl sites for hydroxylation is 1. The van der Waals surface area contributed by atoms with Crippen LogP contribution in [0.15, 0.2) is 42.1 Å². The van der Waals surface area contributed by atoms with Gasteiger partial charge in [0.25, 0.3) is 0 Å². The normalized spacial score (nSPS) is 15.4. The average Bonchev–Trinajstić information content (AvgIpc) is 3.02. The first-order valence-corrected chi connectivity index (χ1v) is 10.5. The maximum atomic E-state index is 6.26. The van der Waals surface area contributed by atoms with Crippen molar-refractivity contribution in [2.75, 3.05) is 0 Å². The maximum absolute atomic E-state index is 6.26. The quantitative estimate of drug-likeness (QED) is 0.423. The molecule has 0 saturated heterocycles. The van der Waals surface area contributed by atoms with Crippen LogP contribution in [0.2, 0.25) is 5.02 Å². The zero-order chi connectivity index (χ0) is 17.5. The summed E-state index contributed by atoms with van der Waals surface area (Å²) in [6, 6.07) is 7.97. The van der Waals surface area contributed by atoms with E-state index in [2.05, 4.69) is 27.4 Å². The zero-order valence-electron chi connectivity index (χ0n) is 14.7. The van der Waals surface area contributed by atoms with Crippen LogP contribution in [-0.4, -0.2) is 14.8 Å². The number of halogens is 1. The molecule has 1 aliphatic rings. The molecule has 0 atom stereocenters. The molecule has 0 aliphatic heterocycles. The van der Waals surface area contributed by atoms with E-state index in [1.807, 2.05) is 24.3 Å². The van der Waals surface area contributed by atoms with Crippen LogP contribution in [0.3, 0.4) is 0 Å². The number of nitrogens with zero attached hydrogens (tertiary/aromatic N) is 3. The molecule has 2 aromatic rings. The second-order valence-corrected chi connectivity index (χ2v) is 8.07. The largest absolute Gasteiger partial charge is 0.302 e. The van der Waals surface area contributed by atoms with Crippen LogP contribution in [-0.2, 0) is 18.7 Å². The Morgan fingerprint density at radius 3 is 2.76 bits per heavy atom. The van der Waals surface area contributed by atoms with Gasteiger partial charge in [0.15, 0.2) is 5.16 Å². The van der Waals surface area contributed by atoms with Crippen LogP contribution in [0, 0.1) is 5.92 Å². The highest BCUT2D eigenvalue weighted by Crippen LogP contribution is 2.29. The summed E-state index contributed by atoms with van der Waals surface area (Å²) >= 11 is 7.95. The molecule has 1 aromatic carbocycles. The second kappa shape index (κ2) is 9.44. The van der Waals surface area contributed by atoms with Gasteiger partial charge < -0.3 is 4.57 Å². The Labute approximate surface area is 159 Å². The van der Waals surface area contributed by atoms with E-state index in [4.69, 9.17) is 11.6 Å². The standard InChI is InChI=1S/C20H26ClN3S/c1-2-14-24-19(13-12-16-8-4-3-5-9-16)22-23-20(24)25-15-17-10-6-7-11-18(17)21/h2,6-7,10-11,16H,1,3-5,8-9,12-15H2. The highest BCUT2D eigenvalue weighted by atomic mass is 35.5. The van der Waals surface area contributed by atoms with Gasteiger partial charge in [-0.05, 0) is 24.0 Å². The Morgan fingerprint density at radius 2 is 2.00 bits per heavy atom. The molecule has 0 radical (unpaired) electrons. The molecule has 25 heavy (non-hydrogen) atoms. The van der Waals surface area contributed by atoms with Crippen molar-refractivity contribution in [3.63, 3.8) is 0 Å². The Hall–Kier alpha value is -1.26. The van der Waals surface area contributed by atoms with Crippen molar-refractivity contribution in [1.29, 1.82) is 0 Å². The van der Waals surface area contributed by atoms with Crippen LogP contribution >= 0.6 is 23.4 Å². The van der Waals surface area contributed by atoms with Crippen molar-refractivity contribution >= 4 is 23.4 Å². The van der Waals surface area contributed by atoms with Gasteiger partial charge >= 0.3 is 0 Å². The van der Waals surface area contributed by atoms with Gasteiger partial charge in [-0.3, -0.25) is 0 Å². The first-order chi connectivity index (χ1) is 12.3. The molecule has 0 spiro atoms. The highest BCUT2D eigenvalue weighted by molar-refractivity contribution is 7.98. The van der Waals surface area contributed by atoms with Gasteiger partial charge in [-0.25, -0.2) is 0 Å². The SMILES string of the molecule is C=CCn1c(CCC2CCCCC2)nnc1SCc1ccccc1Cl. The van der Waals surface area contributed by atoms with E-state index in [0.29, 0.717) is 0 Å². The molecule has 0 bridgehead atoms. The number of aromatic nitrogens is 3. The third-order valence-corrected chi connectivity index (χ3v) is 6.30. The number of thioether (sulfide) groups is 1. The fourth-order valence-electron chi connectivity index (χ4n) is 3.49. The summed E-state index contributed by atoms with van der Waals surface area (Å²) in [6.07, 6.45) is 11.1. The number of allylic oxidation sites excluding steroid dienone is 1. The van der Waals surface area contributed by atoms with Crippen LogP contribution in [0.1, 0.15) is 49.9 Å². The van der Waals surface area contributed by atoms with E-state index in [1.165, 1.54) is 38.5 Å². The third kappa shape index (κ3) is 5.11. The van der Waals surface area contributed by atoms with Gasteiger partial charge in [0, 0.05) is 23.7 Å². The van der Waals surface area contributed by atoms with Crippen molar-refractivity contribution < 1.29 is 0 Å². The minimum atomic E-state index is 0.762. The van der Waals surface area contributed by atoms with E-state index in [0.717, 1.165) is 46.2 Å². The van der Waals surface area contributed by atoms with E-state index in [9.17, 15) is 0 Å². The molecule has 1 heterocycles. The molecule has 1 aromatic heterocycles. The van der Waals surface area contributed by atoms with Crippen LogP contribution in [0.25, 0.3) is 0 Å². The van der Waals surface area contributed by atoms with Gasteiger partial charge in [-0.2, -0.15) is 0 Å². The predicted octanol–water partition coefficient (Wildman–Crippen LogP) is 5.92. The molecular weight excluding hydrogens is 350 g/mol. The lowest BCUT2D eigenvalue weighted by molar-refractivity contribution is 0.336. The molecule has 1 aliphatic carbocycles. The predicted molar refractivity (Wildman–Crippen MR) is 106 cm³/mol. The number of hydrogen-bond donors (Lipinski definition) is 0. The van der Waals surface area contributed by atoms with Gasteiger partial charge in [0.05, 0.1) is 0 Å². The molecule has 5 heteroatoms. The summed E-state index contributed by atoms with van der Waals surface area (Å²) in [5, 5.41) is 10.7. The Morgan fingerprint density at radius 1 is 1.20 bits per heavy atom. The van der Waals surface area contributed by atoms with Crippen LogP contribution < -0.4 is 0 Å². The van der Waals surface area contributed by atoms with Crippen molar-refractivity contribution in [2.24, 2.45) is 5.92 Å². The smallest absolute Gasteiger partial charge is 0.191 e. The molecule has 3 nitrogen and oxygen atoms in total. The summed E-state index contributed by atoms with van der Waals surface area (Å²) in [6.45, 7) is 4.66. The summed E-state index contributed by atoms with van der Waals surface area (Å²) < 4.78 is 2.21. The van der Waals surface area contributed by atoms with E-state index in [-0.39, 0.29) is 0 Å². The molecule has 1 fully saturated rings. The van der Waals surface area contributed by atoms with Gasteiger partial charge in [-0.15, -0.1) is 16.8 Å². The summed E-state index contributed by atoms with van der Waals surface area (Å²) in [5.41, 5.74) is 1.13. The van der Waals surface area contributed by atoms with Crippen LogP contribution in [0.5, 0.6) is 0 Å². The topological polar surface area (TPSA) is 30.7 Å². The maximum Gasteiger partial charge on any atom is 0.191 e. The fourth-order valence-corrected chi connectivity index (χ4v) is 4.74. The molecule has 134 valence electrons. The molecule has 0 N–H and O–H groups in total. The molecule has 0 amide bonds. The molecular formula is C20H26ClN3S.